The van der Waals surface area contributed by atoms with Gasteiger partial charge in [0.15, 0.2) is 5.82 Å². The Kier molecular flexibility index (Phi) is 7.84. The number of carbonyl (C=O) groups is 1. The van der Waals surface area contributed by atoms with E-state index in [-0.39, 0.29) is 31.0 Å². The molecule has 132 valence electrons. The van der Waals surface area contributed by atoms with Gasteiger partial charge in [0.1, 0.15) is 6.10 Å². The van der Waals surface area contributed by atoms with Gasteiger partial charge in [0.05, 0.1) is 12.6 Å². The van der Waals surface area contributed by atoms with Crippen LogP contribution in [0.5, 0.6) is 0 Å². The Hall–Kier alpha value is -1.96. The molecule has 7 nitrogen and oxygen atoms in total. The van der Waals surface area contributed by atoms with Crippen LogP contribution in [0.2, 0.25) is 0 Å². The van der Waals surface area contributed by atoms with Crippen LogP contribution in [-0.4, -0.2) is 41.1 Å². The Morgan fingerprint density at radius 2 is 2.04 bits per heavy atom. The van der Waals surface area contributed by atoms with Gasteiger partial charge in [-0.05, 0) is 18.9 Å². The second-order valence-electron chi connectivity index (χ2n) is 5.41. The van der Waals surface area contributed by atoms with Crippen LogP contribution < -0.4 is 5.73 Å². The lowest BCUT2D eigenvalue weighted by Gasteiger charge is -2.19. The lowest BCUT2D eigenvalue weighted by Crippen LogP contribution is -2.42. The number of hydrogen-bond donors (Lipinski definition) is 1. The van der Waals surface area contributed by atoms with Crippen molar-refractivity contribution < 1.29 is 14.1 Å². The number of carbonyl (C=O) groups excluding carboxylic acids is 1. The topological polar surface area (TPSA) is 94.5 Å². The van der Waals surface area contributed by atoms with Crippen LogP contribution in [0.25, 0.3) is 0 Å². The predicted molar refractivity (Wildman–Crippen MR) is 91.6 cm³/mol. The monoisotopic (exact) mass is 354 g/mol. The maximum atomic E-state index is 12.3. The molecule has 0 spiro atoms. The number of nitrogens with two attached hydrogens (primary N) is 1. The van der Waals surface area contributed by atoms with Crippen LogP contribution in [0.3, 0.4) is 0 Å². The first-order chi connectivity index (χ1) is 11.0. The average molecular weight is 355 g/mol. The molecule has 1 amide bonds. The van der Waals surface area contributed by atoms with E-state index in [1.54, 1.807) is 14.2 Å². The summed E-state index contributed by atoms with van der Waals surface area (Å²) < 4.78 is 10.3. The lowest BCUT2D eigenvalue weighted by atomic mass is 10.1. The molecule has 0 aliphatic heterocycles. The van der Waals surface area contributed by atoms with Crippen molar-refractivity contribution >= 4 is 18.3 Å². The minimum atomic E-state index is -0.609. The van der Waals surface area contributed by atoms with Gasteiger partial charge in [-0.2, -0.15) is 4.98 Å². The summed E-state index contributed by atoms with van der Waals surface area (Å²) in [4.78, 5) is 18.0. The molecule has 24 heavy (non-hydrogen) atoms. The van der Waals surface area contributed by atoms with Crippen molar-refractivity contribution in [3.8, 4) is 0 Å². The summed E-state index contributed by atoms with van der Waals surface area (Å²) in [6.45, 7) is 2.03. The van der Waals surface area contributed by atoms with Crippen molar-refractivity contribution in [2.75, 3.05) is 14.2 Å². The Morgan fingerprint density at radius 3 is 2.67 bits per heavy atom. The van der Waals surface area contributed by atoms with Crippen molar-refractivity contribution in [3.05, 3.63) is 47.6 Å². The highest BCUT2D eigenvalue weighted by atomic mass is 35.5. The van der Waals surface area contributed by atoms with Gasteiger partial charge in [0.2, 0.25) is 11.8 Å². The fourth-order valence-electron chi connectivity index (χ4n) is 2.12. The zero-order valence-electron chi connectivity index (χ0n) is 14.0. The Labute approximate surface area is 147 Å². The number of aromatic nitrogens is 2. The molecular formula is C16H23ClN4O3. The number of nitrogens with zero attached hydrogens (tertiary/aromatic N) is 3. The smallest absolute Gasteiger partial charge is 0.246 e. The molecule has 1 heterocycles. The van der Waals surface area contributed by atoms with Crippen LogP contribution >= 0.6 is 12.4 Å². The summed E-state index contributed by atoms with van der Waals surface area (Å²) >= 11 is 0. The van der Waals surface area contributed by atoms with Gasteiger partial charge < -0.3 is 19.9 Å². The molecule has 0 saturated carbocycles. The van der Waals surface area contributed by atoms with Gasteiger partial charge in [0, 0.05) is 14.2 Å². The predicted octanol–water partition coefficient (Wildman–Crippen LogP) is 1.73. The van der Waals surface area contributed by atoms with Gasteiger partial charge in [0.25, 0.3) is 0 Å². The number of hydrogen-bond acceptors (Lipinski definition) is 6. The maximum absolute atomic E-state index is 12.3. The number of rotatable bonds is 7. The third-order valence-corrected chi connectivity index (χ3v) is 3.57. The molecule has 8 heteroatoms. The fraction of sp³-hybridized carbons (Fsp3) is 0.438. The Morgan fingerprint density at radius 1 is 1.38 bits per heavy atom. The molecule has 0 saturated heterocycles. The molecule has 0 radical (unpaired) electrons. The Balaban J connectivity index is 0.00000288. The third-order valence-electron chi connectivity index (χ3n) is 3.57. The molecule has 1 unspecified atom stereocenters. The van der Waals surface area contributed by atoms with Crippen LogP contribution in [0.1, 0.15) is 30.3 Å². The molecular weight excluding hydrogens is 332 g/mol. The molecule has 0 bridgehead atoms. The second kappa shape index (κ2) is 9.36. The SMILES string of the molecule is COC(C)c1noc(CN(C)C(=O)[C@@H](N)Cc2ccccc2)n1.Cl. The van der Waals surface area contributed by atoms with Gasteiger partial charge in [-0.3, -0.25) is 4.79 Å². The summed E-state index contributed by atoms with van der Waals surface area (Å²) in [7, 11) is 3.23. The molecule has 0 aliphatic carbocycles. The number of likely N-dealkylation sites (N-methyl/N-ethyl adjacent to an activating group) is 1. The molecule has 1 aromatic carbocycles. The van der Waals surface area contributed by atoms with Crippen LogP contribution in [0.4, 0.5) is 0 Å². The standard InChI is InChI=1S/C16H22N4O3.ClH/c1-11(22-3)15-18-14(23-19-15)10-20(2)16(21)13(17)9-12-7-5-4-6-8-12;/h4-8,11,13H,9-10,17H2,1-3H3;1H/t11?,13-;/m0./s1. The van der Waals surface area contributed by atoms with E-state index in [1.165, 1.54) is 4.90 Å². The van der Waals surface area contributed by atoms with Gasteiger partial charge >= 0.3 is 0 Å². The van der Waals surface area contributed by atoms with E-state index in [2.05, 4.69) is 10.1 Å². The fourth-order valence-corrected chi connectivity index (χ4v) is 2.12. The van der Waals surface area contributed by atoms with E-state index >= 15 is 0 Å². The number of ether oxygens (including phenoxy) is 1. The minimum absolute atomic E-state index is 0. The van der Waals surface area contributed by atoms with Crippen LogP contribution in [-0.2, 0) is 22.5 Å². The van der Waals surface area contributed by atoms with Crippen molar-refractivity contribution in [1.29, 1.82) is 0 Å². The molecule has 2 atom stereocenters. The molecule has 0 fully saturated rings. The second-order valence-corrected chi connectivity index (χ2v) is 5.41. The first kappa shape index (κ1) is 20.1. The van der Waals surface area contributed by atoms with E-state index in [4.69, 9.17) is 15.0 Å². The van der Waals surface area contributed by atoms with E-state index in [1.807, 2.05) is 37.3 Å². The summed E-state index contributed by atoms with van der Waals surface area (Å²) in [6.07, 6.45) is 0.230. The zero-order valence-corrected chi connectivity index (χ0v) is 14.8. The number of methoxy groups -OCH3 is 1. The van der Waals surface area contributed by atoms with Crippen LogP contribution in [0.15, 0.2) is 34.9 Å². The Bertz CT molecular complexity index is 635. The molecule has 0 aliphatic rings. The van der Waals surface area contributed by atoms with Crippen LogP contribution in [0, 0.1) is 0 Å². The van der Waals surface area contributed by atoms with Crippen molar-refractivity contribution in [2.45, 2.75) is 32.0 Å². The highest BCUT2D eigenvalue weighted by Crippen LogP contribution is 2.12. The molecule has 2 rings (SSSR count). The van der Waals surface area contributed by atoms with E-state index in [0.29, 0.717) is 18.1 Å². The average Bonchev–Trinajstić information content (AvgIpc) is 3.02. The molecule has 1 aromatic heterocycles. The number of benzene rings is 1. The maximum Gasteiger partial charge on any atom is 0.246 e. The summed E-state index contributed by atoms with van der Waals surface area (Å²) in [5.74, 6) is 0.636. The van der Waals surface area contributed by atoms with Gasteiger partial charge in [-0.1, -0.05) is 35.5 Å². The largest absolute Gasteiger partial charge is 0.374 e. The summed E-state index contributed by atoms with van der Waals surface area (Å²) in [6, 6.07) is 9.06. The van der Waals surface area contributed by atoms with E-state index in [0.717, 1.165) is 5.56 Å². The third kappa shape index (κ3) is 5.30. The zero-order chi connectivity index (χ0) is 16.8. The van der Waals surface area contributed by atoms with Crippen molar-refractivity contribution in [3.63, 3.8) is 0 Å². The van der Waals surface area contributed by atoms with Gasteiger partial charge in [-0.15, -0.1) is 12.4 Å². The first-order valence-corrected chi connectivity index (χ1v) is 7.41. The van der Waals surface area contributed by atoms with Crippen molar-refractivity contribution in [1.82, 2.24) is 15.0 Å². The molecule has 2 N–H and O–H groups in total. The lowest BCUT2D eigenvalue weighted by molar-refractivity contribution is -0.132. The van der Waals surface area contributed by atoms with Gasteiger partial charge in [-0.25, -0.2) is 0 Å². The first-order valence-electron chi connectivity index (χ1n) is 7.41. The number of halogens is 1. The highest BCUT2D eigenvalue weighted by molar-refractivity contribution is 5.85. The van der Waals surface area contributed by atoms with E-state index in [9.17, 15) is 4.79 Å². The number of amides is 1. The normalized spacial score (nSPS) is 13.0. The molecule has 2 aromatic rings. The summed E-state index contributed by atoms with van der Waals surface area (Å²) in [5.41, 5.74) is 7.02. The minimum Gasteiger partial charge on any atom is -0.374 e. The van der Waals surface area contributed by atoms with E-state index < -0.39 is 6.04 Å². The quantitative estimate of drug-likeness (QED) is 0.813. The summed E-state index contributed by atoms with van der Waals surface area (Å²) in [5, 5.41) is 3.83. The highest BCUT2D eigenvalue weighted by Gasteiger charge is 2.21. The van der Waals surface area contributed by atoms with Crippen molar-refractivity contribution in [2.24, 2.45) is 5.73 Å².